The van der Waals surface area contributed by atoms with Crippen LogP contribution in [-0.4, -0.2) is 112 Å². The zero-order valence-electron chi connectivity index (χ0n) is 23.4. The Hall–Kier alpha value is -1.32. The lowest BCUT2D eigenvalue weighted by Crippen LogP contribution is -2.45. The van der Waals surface area contributed by atoms with Crippen LogP contribution in [0, 0.1) is 19.8 Å². The molecular formula is C28H48N4O3S. The molecule has 204 valence electrons. The molecule has 1 saturated carbocycles. The van der Waals surface area contributed by atoms with Crippen molar-refractivity contribution in [1.82, 2.24) is 19.0 Å². The van der Waals surface area contributed by atoms with E-state index < -0.39 is 0 Å². The minimum atomic E-state index is 0.105. The van der Waals surface area contributed by atoms with Gasteiger partial charge >= 0.3 is 0 Å². The number of rotatable bonds is 12. The number of nitrogens with zero attached hydrogens (tertiary/aromatic N) is 4. The van der Waals surface area contributed by atoms with Gasteiger partial charge in [0, 0.05) is 50.7 Å². The number of carbonyl (C=O) groups excluding carboxylic acids is 1. The van der Waals surface area contributed by atoms with Gasteiger partial charge < -0.3 is 24.2 Å². The molecule has 1 aliphatic heterocycles. The summed E-state index contributed by atoms with van der Waals surface area (Å²) in [5.41, 5.74) is 2.41. The van der Waals surface area contributed by atoms with Crippen molar-refractivity contribution in [3.05, 3.63) is 23.3 Å². The predicted molar refractivity (Wildman–Crippen MR) is 149 cm³/mol. The van der Waals surface area contributed by atoms with Crippen molar-refractivity contribution < 1.29 is 14.3 Å². The summed E-state index contributed by atoms with van der Waals surface area (Å²) in [6, 6.07) is 4.49. The Morgan fingerprint density at radius 1 is 1.06 bits per heavy atom. The molecule has 0 spiro atoms. The third kappa shape index (κ3) is 8.91. The van der Waals surface area contributed by atoms with E-state index in [0.29, 0.717) is 12.6 Å². The smallest absolute Gasteiger partial charge is 0.248 e. The highest BCUT2D eigenvalue weighted by Crippen LogP contribution is 2.32. The molecule has 0 atom stereocenters. The highest BCUT2D eigenvalue weighted by atomic mass is 32.2. The molecule has 8 heteroatoms. The average molecular weight is 521 g/mol. The van der Waals surface area contributed by atoms with Crippen molar-refractivity contribution in [3.8, 4) is 5.75 Å². The third-order valence-electron chi connectivity index (χ3n) is 7.90. The van der Waals surface area contributed by atoms with Crippen molar-refractivity contribution in [2.24, 2.45) is 5.92 Å². The molecule has 36 heavy (non-hydrogen) atoms. The second-order valence-corrected chi connectivity index (χ2v) is 11.9. The zero-order chi connectivity index (χ0) is 26.1. The van der Waals surface area contributed by atoms with Gasteiger partial charge in [-0.2, -0.15) is 0 Å². The molecule has 1 amide bonds. The van der Waals surface area contributed by atoms with Gasteiger partial charge in [0.15, 0.2) is 0 Å². The molecule has 1 saturated heterocycles. The molecule has 1 heterocycles. The van der Waals surface area contributed by atoms with Gasteiger partial charge in [0.05, 0.1) is 13.7 Å². The average Bonchev–Trinajstić information content (AvgIpc) is 2.88. The number of amides is 1. The van der Waals surface area contributed by atoms with Gasteiger partial charge in [-0.3, -0.25) is 4.79 Å². The first-order valence-electron chi connectivity index (χ1n) is 13.6. The van der Waals surface area contributed by atoms with Crippen LogP contribution in [0.15, 0.2) is 17.0 Å². The molecule has 0 N–H and O–H groups in total. The van der Waals surface area contributed by atoms with E-state index in [-0.39, 0.29) is 12.5 Å². The van der Waals surface area contributed by atoms with E-state index in [1.807, 2.05) is 11.9 Å². The number of ether oxygens (including phenoxy) is 2. The number of hydrogen-bond donors (Lipinski definition) is 0. The van der Waals surface area contributed by atoms with E-state index in [0.717, 1.165) is 31.1 Å². The van der Waals surface area contributed by atoms with Gasteiger partial charge in [0.25, 0.3) is 0 Å². The molecule has 1 aromatic carbocycles. The van der Waals surface area contributed by atoms with Crippen LogP contribution in [0.5, 0.6) is 5.75 Å². The molecule has 2 fully saturated rings. The standard InChI is InChI=1S/C28H48N4O3S/c1-22-19-26(34-6)20-23(2)28(22)36-30(4)17-18-35-21-27(33)31(5)25-9-7-24(8-10-25)11-12-32-15-13-29(3)14-16-32/h19-20,24-25H,7-18,21H2,1-6H3. The zero-order valence-corrected chi connectivity index (χ0v) is 24.2. The lowest BCUT2D eigenvalue weighted by molar-refractivity contribution is -0.137. The van der Waals surface area contributed by atoms with E-state index in [1.54, 1.807) is 19.1 Å². The fourth-order valence-electron chi connectivity index (χ4n) is 5.29. The van der Waals surface area contributed by atoms with Gasteiger partial charge in [0.1, 0.15) is 12.4 Å². The van der Waals surface area contributed by atoms with Crippen molar-refractivity contribution in [1.29, 1.82) is 0 Å². The first kappa shape index (κ1) is 29.2. The van der Waals surface area contributed by atoms with Crippen LogP contribution >= 0.6 is 11.9 Å². The maximum Gasteiger partial charge on any atom is 0.248 e. The van der Waals surface area contributed by atoms with Crippen LogP contribution in [0.4, 0.5) is 0 Å². The topological polar surface area (TPSA) is 48.5 Å². The second-order valence-electron chi connectivity index (χ2n) is 10.7. The fourth-order valence-corrected chi connectivity index (χ4v) is 6.17. The fraction of sp³-hybridized carbons (Fsp3) is 0.750. The predicted octanol–water partition coefficient (Wildman–Crippen LogP) is 3.92. The summed E-state index contributed by atoms with van der Waals surface area (Å²) in [6.07, 6.45) is 6.02. The number of carbonyl (C=O) groups is 1. The minimum absolute atomic E-state index is 0.105. The van der Waals surface area contributed by atoms with Crippen LogP contribution < -0.4 is 4.74 Å². The molecule has 0 aromatic heterocycles. The van der Waals surface area contributed by atoms with Gasteiger partial charge in [0.2, 0.25) is 5.91 Å². The molecular weight excluding hydrogens is 472 g/mol. The van der Waals surface area contributed by atoms with Gasteiger partial charge in [-0.1, -0.05) is 0 Å². The molecule has 7 nitrogen and oxygen atoms in total. The number of hydrogen-bond acceptors (Lipinski definition) is 7. The van der Waals surface area contributed by atoms with Crippen LogP contribution in [-0.2, 0) is 9.53 Å². The van der Waals surface area contributed by atoms with Crippen LogP contribution in [0.1, 0.15) is 43.2 Å². The lowest BCUT2D eigenvalue weighted by atomic mass is 9.83. The first-order valence-corrected chi connectivity index (χ1v) is 14.3. The Bertz CT molecular complexity index is 800. The molecule has 0 bridgehead atoms. The van der Waals surface area contributed by atoms with E-state index in [1.165, 1.54) is 68.0 Å². The quantitative estimate of drug-likeness (QED) is 0.306. The molecule has 0 radical (unpaired) electrons. The maximum atomic E-state index is 12.7. The van der Waals surface area contributed by atoms with Crippen LogP contribution in [0.25, 0.3) is 0 Å². The number of likely N-dealkylation sites (N-methyl/N-ethyl adjacent to an activating group) is 3. The van der Waals surface area contributed by atoms with E-state index >= 15 is 0 Å². The normalized spacial score (nSPS) is 21.6. The highest BCUT2D eigenvalue weighted by Gasteiger charge is 2.27. The van der Waals surface area contributed by atoms with Crippen molar-refractivity contribution in [2.45, 2.75) is 56.9 Å². The van der Waals surface area contributed by atoms with E-state index in [9.17, 15) is 4.79 Å². The monoisotopic (exact) mass is 520 g/mol. The summed E-state index contributed by atoms with van der Waals surface area (Å²) in [7, 11) is 7.93. The van der Waals surface area contributed by atoms with E-state index in [4.69, 9.17) is 9.47 Å². The molecule has 1 aliphatic carbocycles. The SMILES string of the molecule is COc1cc(C)c(SN(C)CCOCC(=O)N(C)C2CCC(CCN3CCN(C)CC3)CC2)c(C)c1. The van der Waals surface area contributed by atoms with Gasteiger partial charge in [-0.25, -0.2) is 4.31 Å². The molecule has 2 aliphatic rings. The number of aryl methyl sites for hydroxylation is 2. The summed E-state index contributed by atoms with van der Waals surface area (Å²) in [5, 5.41) is 0. The maximum absolute atomic E-state index is 12.7. The van der Waals surface area contributed by atoms with Crippen LogP contribution in [0.2, 0.25) is 0 Å². The lowest BCUT2D eigenvalue weighted by Gasteiger charge is -2.36. The number of methoxy groups -OCH3 is 1. The van der Waals surface area contributed by atoms with Crippen LogP contribution in [0.3, 0.4) is 0 Å². The van der Waals surface area contributed by atoms with Crippen molar-refractivity contribution >= 4 is 17.9 Å². The minimum Gasteiger partial charge on any atom is -0.497 e. The highest BCUT2D eigenvalue weighted by molar-refractivity contribution is 7.97. The molecule has 0 unspecified atom stereocenters. The van der Waals surface area contributed by atoms with Crippen molar-refractivity contribution in [3.63, 3.8) is 0 Å². The summed E-state index contributed by atoms with van der Waals surface area (Å²) >= 11 is 1.71. The second kappa shape index (κ2) is 14.6. The third-order valence-corrected chi connectivity index (χ3v) is 9.22. The Balaban J connectivity index is 1.29. The molecule has 3 rings (SSSR count). The summed E-state index contributed by atoms with van der Waals surface area (Å²) in [4.78, 5) is 21.0. The summed E-state index contributed by atoms with van der Waals surface area (Å²) in [5.74, 6) is 1.81. The number of benzene rings is 1. The van der Waals surface area contributed by atoms with Gasteiger partial charge in [-0.05, 0) is 108 Å². The Kier molecular flexibility index (Phi) is 11.8. The largest absolute Gasteiger partial charge is 0.497 e. The Labute approximate surface area is 223 Å². The molecule has 1 aromatic rings. The number of piperazine rings is 1. The van der Waals surface area contributed by atoms with Gasteiger partial charge in [-0.15, -0.1) is 0 Å². The Morgan fingerprint density at radius 3 is 2.31 bits per heavy atom. The first-order chi connectivity index (χ1) is 17.3. The van der Waals surface area contributed by atoms with E-state index in [2.05, 4.69) is 54.2 Å². The summed E-state index contributed by atoms with van der Waals surface area (Å²) in [6.45, 7) is 11.7. The summed E-state index contributed by atoms with van der Waals surface area (Å²) < 4.78 is 13.3. The Morgan fingerprint density at radius 2 is 1.69 bits per heavy atom. The van der Waals surface area contributed by atoms with Crippen molar-refractivity contribution in [2.75, 3.05) is 80.7 Å².